The molecular weight excluding hydrogens is 544 g/mol. The van der Waals surface area contributed by atoms with Crippen molar-refractivity contribution < 1.29 is 4.74 Å². The van der Waals surface area contributed by atoms with Gasteiger partial charge in [0.15, 0.2) is 0 Å². The minimum atomic E-state index is -0.0472. The van der Waals surface area contributed by atoms with Gasteiger partial charge in [0.1, 0.15) is 23.8 Å². The normalized spacial score (nSPS) is 12.5. The van der Waals surface area contributed by atoms with Crippen molar-refractivity contribution in [2.45, 2.75) is 70.3 Å². The van der Waals surface area contributed by atoms with E-state index in [0.717, 1.165) is 57.5 Å². The molecule has 0 aliphatic heterocycles. The summed E-state index contributed by atoms with van der Waals surface area (Å²) in [4.78, 5) is 31.0. The van der Waals surface area contributed by atoms with Gasteiger partial charge in [0.2, 0.25) is 0 Å². The van der Waals surface area contributed by atoms with Crippen LogP contribution in [-0.4, -0.2) is 52.8 Å². The molecule has 5 rings (SSSR count). The Hall–Kier alpha value is -4.05. The molecule has 0 amide bonds. The van der Waals surface area contributed by atoms with Crippen LogP contribution in [0.2, 0.25) is 0 Å². The summed E-state index contributed by atoms with van der Waals surface area (Å²) in [6.07, 6.45) is 8.30. The topological polar surface area (TPSA) is 94.7 Å². The number of hydrogen-bond donors (Lipinski definition) is 0. The molecule has 0 saturated heterocycles. The summed E-state index contributed by atoms with van der Waals surface area (Å²) in [7, 11) is 2.08. The number of aromatic nitrogens is 7. The zero-order chi connectivity index (χ0) is 29.9. The smallest absolute Gasteiger partial charge is 0.317 e. The van der Waals surface area contributed by atoms with Crippen LogP contribution in [0.4, 0.5) is 5.82 Å². The predicted octanol–water partition coefficient (Wildman–Crippen LogP) is 6.39. The molecule has 0 aliphatic rings. The molecule has 218 valence electrons. The molecule has 0 N–H and O–H groups in total. The SMILES string of the molecule is Cc1cccc(COc2ncc3c(n2)c(SC(C)(C)C)c(CCN(C)c2ccccn2)n3C(C)c2cnc(C)nc2)n1. The van der Waals surface area contributed by atoms with Gasteiger partial charge in [0.25, 0.3) is 0 Å². The molecule has 1 atom stereocenters. The molecule has 10 heteroatoms. The summed E-state index contributed by atoms with van der Waals surface area (Å²) in [6.45, 7) is 13.8. The van der Waals surface area contributed by atoms with E-state index in [1.54, 1.807) is 0 Å². The second-order valence-corrected chi connectivity index (χ2v) is 13.2. The molecule has 5 aromatic rings. The fourth-order valence-corrected chi connectivity index (χ4v) is 5.98. The molecule has 0 fully saturated rings. The van der Waals surface area contributed by atoms with Crippen molar-refractivity contribution in [2.75, 3.05) is 18.5 Å². The second kappa shape index (κ2) is 12.4. The highest BCUT2D eigenvalue weighted by atomic mass is 32.2. The number of rotatable bonds is 10. The summed E-state index contributed by atoms with van der Waals surface area (Å²) in [5, 5.41) is 0. The Morgan fingerprint density at radius 1 is 0.952 bits per heavy atom. The van der Waals surface area contributed by atoms with Crippen molar-refractivity contribution >= 4 is 28.6 Å². The van der Waals surface area contributed by atoms with Crippen LogP contribution >= 0.6 is 11.8 Å². The van der Waals surface area contributed by atoms with Crippen LogP contribution in [0.3, 0.4) is 0 Å². The third-order valence-electron chi connectivity index (χ3n) is 6.87. The van der Waals surface area contributed by atoms with E-state index in [9.17, 15) is 0 Å². The van der Waals surface area contributed by atoms with Crippen molar-refractivity contribution in [3.63, 3.8) is 0 Å². The first kappa shape index (κ1) is 29.4. The molecule has 5 heterocycles. The van der Waals surface area contributed by atoms with Gasteiger partial charge in [-0.15, -0.1) is 11.8 Å². The first-order valence-corrected chi connectivity index (χ1v) is 15.0. The number of fused-ring (bicyclic) bond motifs is 1. The van der Waals surface area contributed by atoms with Gasteiger partial charge in [-0.3, -0.25) is 4.98 Å². The Kier molecular flexibility index (Phi) is 8.72. The van der Waals surface area contributed by atoms with Crippen LogP contribution < -0.4 is 9.64 Å². The third-order valence-corrected chi connectivity index (χ3v) is 8.12. The summed E-state index contributed by atoms with van der Waals surface area (Å²) >= 11 is 1.82. The number of thioether (sulfide) groups is 1. The van der Waals surface area contributed by atoms with Gasteiger partial charge in [-0.05, 0) is 45.0 Å². The number of ether oxygens (including phenoxy) is 1. The van der Waals surface area contributed by atoms with Gasteiger partial charge < -0.3 is 14.2 Å². The standard InChI is InChI=1S/C32H38N8OS/c1-21-11-10-12-25(37-21)20-41-31-36-19-27-29(38-31)30(42-32(4,5)6)26(14-16-39(7)28-13-8-9-15-33-28)40(27)22(2)24-17-34-23(3)35-18-24/h8-13,15,17-19,22H,14,16,20H2,1-7H3. The molecule has 9 nitrogen and oxygen atoms in total. The van der Waals surface area contributed by atoms with Crippen molar-refractivity contribution in [1.29, 1.82) is 0 Å². The maximum Gasteiger partial charge on any atom is 0.317 e. The lowest BCUT2D eigenvalue weighted by Crippen LogP contribution is -2.23. The number of aryl methyl sites for hydroxylation is 2. The fraction of sp³-hybridized carbons (Fsp3) is 0.375. The Balaban J connectivity index is 1.59. The minimum Gasteiger partial charge on any atom is -0.457 e. The highest BCUT2D eigenvalue weighted by Gasteiger charge is 2.27. The van der Waals surface area contributed by atoms with Crippen LogP contribution in [0.15, 0.2) is 66.1 Å². The Labute approximate surface area is 251 Å². The van der Waals surface area contributed by atoms with Gasteiger partial charge in [0, 0.05) is 60.3 Å². The minimum absolute atomic E-state index is 0.0376. The Morgan fingerprint density at radius 2 is 1.74 bits per heavy atom. The van der Waals surface area contributed by atoms with Crippen LogP contribution in [-0.2, 0) is 13.0 Å². The first-order chi connectivity index (χ1) is 20.1. The van der Waals surface area contributed by atoms with E-state index >= 15 is 0 Å². The predicted molar refractivity (Wildman–Crippen MR) is 168 cm³/mol. The average Bonchev–Trinajstić information content (AvgIpc) is 3.26. The van der Waals surface area contributed by atoms with Crippen LogP contribution in [0, 0.1) is 13.8 Å². The molecule has 0 radical (unpaired) electrons. The Bertz CT molecular complexity index is 1650. The highest BCUT2D eigenvalue weighted by Crippen LogP contribution is 2.42. The molecular formula is C32H38N8OS. The summed E-state index contributed by atoms with van der Waals surface area (Å²) in [5.41, 5.74) is 5.83. The van der Waals surface area contributed by atoms with Gasteiger partial charge in [-0.25, -0.2) is 19.9 Å². The van der Waals surface area contributed by atoms with Crippen molar-refractivity contribution in [3.05, 3.63) is 89.7 Å². The zero-order valence-corrected chi connectivity index (χ0v) is 26.2. The number of nitrogens with zero attached hydrogens (tertiary/aromatic N) is 8. The fourth-order valence-electron chi connectivity index (χ4n) is 4.81. The summed E-state index contributed by atoms with van der Waals surface area (Å²) < 4.78 is 8.36. The van der Waals surface area contributed by atoms with Crippen molar-refractivity contribution in [2.24, 2.45) is 0 Å². The molecule has 0 aliphatic carbocycles. The summed E-state index contributed by atoms with van der Waals surface area (Å²) in [6, 6.07) is 12.2. The first-order valence-electron chi connectivity index (χ1n) is 14.1. The molecule has 5 aromatic heterocycles. The van der Waals surface area contributed by atoms with Gasteiger partial charge in [0.05, 0.1) is 28.3 Å². The molecule has 42 heavy (non-hydrogen) atoms. The lowest BCUT2D eigenvalue weighted by Gasteiger charge is -2.24. The zero-order valence-electron chi connectivity index (χ0n) is 25.4. The third kappa shape index (κ3) is 6.87. The van der Waals surface area contributed by atoms with E-state index in [0.29, 0.717) is 12.6 Å². The van der Waals surface area contributed by atoms with Crippen LogP contribution in [0.5, 0.6) is 6.01 Å². The lowest BCUT2D eigenvalue weighted by atomic mass is 10.1. The lowest BCUT2D eigenvalue weighted by molar-refractivity contribution is 0.277. The Morgan fingerprint density at radius 3 is 2.43 bits per heavy atom. The van der Waals surface area contributed by atoms with Gasteiger partial charge in [-0.1, -0.05) is 32.9 Å². The van der Waals surface area contributed by atoms with Crippen LogP contribution in [0.25, 0.3) is 11.0 Å². The van der Waals surface area contributed by atoms with E-state index in [2.05, 4.69) is 69.1 Å². The van der Waals surface area contributed by atoms with Gasteiger partial charge in [-0.2, -0.15) is 4.98 Å². The van der Waals surface area contributed by atoms with Crippen molar-refractivity contribution in [3.8, 4) is 6.01 Å². The molecule has 0 saturated carbocycles. The summed E-state index contributed by atoms with van der Waals surface area (Å²) in [5.74, 6) is 1.68. The van der Waals surface area contributed by atoms with E-state index in [4.69, 9.17) is 9.72 Å². The monoisotopic (exact) mass is 582 g/mol. The molecule has 0 aromatic carbocycles. The van der Waals surface area contributed by atoms with Crippen LogP contribution in [0.1, 0.15) is 62.2 Å². The largest absolute Gasteiger partial charge is 0.457 e. The number of likely N-dealkylation sites (N-methyl/N-ethyl adjacent to an activating group) is 1. The quantitative estimate of drug-likeness (QED) is 0.174. The van der Waals surface area contributed by atoms with Gasteiger partial charge >= 0.3 is 6.01 Å². The van der Waals surface area contributed by atoms with E-state index in [-0.39, 0.29) is 10.8 Å². The maximum atomic E-state index is 6.06. The van der Waals surface area contributed by atoms with Crippen molar-refractivity contribution in [1.82, 2.24) is 34.5 Å². The van der Waals surface area contributed by atoms with E-state index in [1.807, 2.05) is 86.8 Å². The molecule has 0 spiro atoms. The highest BCUT2D eigenvalue weighted by molar-refractivity contribution is 8.00. The maximum absolute atomic E-state index is 6.06. The molecule has 0 bridgehead atoms. The number of anilines is 1. The molecule has 1 unspecified atom stereocenters. The number of pyridine rings is 2. The van der Waals surface area contributed by atoms with E-state index in [1.165, 1.54) is 5.69 Å². The average molecular weight is 583 g/mol. The second-order valence-electron chi connectivity index (χ2n) is 11.4. The van der Waals surface area contributed by atoms with E-state index < -0.39 is 0 Å². The number of hydrogen-bond acceptors (Lipinski definition) is 9.